The molecule has 0 aromatic heterocycles. The number of phenolic OH excluding ortho intramolecular Hbond substituents is 1. The lowest BCUT2D eigenvalue weighted by molar-refractivity contribution is 0.469. The zero-order valence-electron chi connectivity index (χ0n) is 9.57. The molecule has 0 aliphatic rings. The van der Waals surface area contributed by atoms with Gasteiger partial charge in [-0.15, -0.1) is 0 Å². The maximum Gasteiger partial charge on any atom is 0.120 e. The van der Waals surface area contributed by atoms with Crippen molar-refractivity contribution in [3.63, 3.8) is 0 Å². The zero-order chi connectivity index (χ0) is 12.3. The Balaban J connectivity index is 2.13. The van der Waals surface area contributed by atoms with E-state index >= 15 is 0 Å². The van der Waals surface area contributed by atoms with Crippen LogP contribution < -0.4 is 5.32 Å². The van der Waals surface area contributed by atoms with Gasteiger partial charge in [0.05, 0.1) is 0 Å². The van der Waals surface area contributed by atoms with Crippen LogP contribution in [-0.2, 0) is 6.54 Å². The Bertz CT molecular complexity index is 525. The predicted molar refractivity (Wildman–Crippen MR) is 74.3 cm³/mol. The van der Waals surface area contributed by atoms with Crippen LogP contribution in [0, 0.1) is 6.92 Å². The molecule has 0 radical (unpaired) electrons. The van der Waals surface area contributed by atoms with E-state index in [-0.39, 0.29) is 0 Å². The minimum absolute atomic E-state index is 0.327. The fraction of sp³-hybridized carbons (Fsp3) is 0.143. The summed E-state index contributed by atoms with van der Waals surface area (Å²) in [5, 5.41) is 13.0. The van der Waals surface area contributed by atoms with Crippen LogP contribution in [0.2, 0.25) is 0 Å². The number of phenols is 1. The summed E-state index contributed by atoms with van der Waals surface area (Å²) in [6.07, 6.45) is 0. The van der Waals surface area contributed by atoms with Crippen LogP contribution in [0.25, 0.3) is 0 Å². The first-order valence-corrected chi connectivity index (χ1v) is 6.23. The summed E-state index contributed by atoms with van der Waals surface area (Å²) in [5.74, 6) is 0.327. The standard InChI is InChI=1S/C14H14BrNO/c1-10-12(15)6-4-7-13(10)16-9-11-5-2-3-8-14(11)17/h2-8,16-17H,9H2,1H3. The van der Waals surface area contributed by atoms with Crippen molar-refractivity contribution in [2.24, 2.45) is 0 Å². The average Bonchev–Trinajstić information content (AvgIpc) is 2.33. The first kappa shape index (κ1) is 12.0. The van der Waals surface area contributed by atoms with E-state index in [0.717, 1.165) is 15.7 Å². The highest BCUT2D eigenvalue weighted by atomic mass is 79.9. The smallest absolute Gasteiger partial charge is 0.120 e. The molecule has 88 valence electrons. The molecule has 0 aliphatic carbocycles. The van der Waals surface area contributed by atoms with Crippen LogP contribution >= 0.6 is 15.9 Å². The molecule has 0 atom stereocenters. The number of hydrogen-bond donors (Lipinski definition) is 2. The molecule has 2 N–H and O–H groups in total. The van der Waals surface area contributed by atoms with E-state index in [4.69, 9.17) is 0 Å². The summed E-state index contributed by atoms with van der Waals surface area (Å²) in [5.41, 5.74) is 3.14. The lowest BCUT2D eigenvalue weighted by Gasteiger charge is -2.11. The van der Waals surface area contributed by atoms with E-state index in [9.17, 15) is 5.11 Å². The van der Waals surface area contributed by atoms with Gasteiger partial charge in [-0.05, 0) is 30.7 Å². The largest absolute Gasteiger partial charge is 0.508 e. The van der Waals surface area contributed by atoms with E-state index in [1.165, 1.54) is 5.56 Å². The Labute approximate surface area is 109 Å². The van der Waals surface area contributed by atoms with E-state index in [1.807, 2.05) is 36.4 Å². The summed E-state index contributed by atoms with van der Waals surface area (Å²) in [7, 11) is 0. The van der Waals surface area contributed by atoms with Gasteiger partial charge in [-0.2, -0.15) is 0 Å². The second-order valence-corrected chi connectivity index (χ2v) is 4.75. The van der Waals surface area contributed by atoms with Crippen molar-refractivity contribution in [2.45, 2.75) is 13.5 Å². The number of anilines is 1. The molecule has 0 heterocycles. The van der Waals surface area contributed by atoms with Crippen LogP contribution in [0.5, 0.6) is 5.75 Å². The highest BCUT2D eigenvalue weighted by Crippen LogP contribution is 2.25. The first-order valence-electron chi connectivity index (χ1n) is 5.44. The second-order valence-electron chi connectivity index (χ2n) is 3.89. The summed E-state index contributed by atoms with van der Waals surface area (Å²) < 4.78 is 1.08. The van der Waals surface area contributed by atoms with Gasteiger partial charge in [0.1, 0.15) is 5.75 Å². The normalized spacial score (nSPS) is 10.2. The Morgan fingerprint density at radius 2 is 1.88 bits per heavy atom. The number of halogens is 1. The van der Waals surface area contributed by atoms with E-state index in [0.29, 0.717) is 12.3 Å². The molecular formula is C14H14BrNO. The minimum Gasteiger partial charge on any atom is -0.508 e. The van der Waals surface area contributed by atoms with E-state index in [2.05, 4.69) is 28.2 Å². The topological polar surface area (TPSA) is 32.3 Å². The van der Waals surface area contributed by atoms with Crippen LogP contribution in [0.4, 0.5) is 5.69 Å². The second kappa shape index (κ2) is 5.23. The third-order valence-electron chi connectivity index (χ3n) is 2.73. The molecule has 3 heteroatoms. The summed E-state index contributed by atoms with van der Waals surface area (Å²) in [6.45, 7) is 2.67. The molecule has 17 heavy (non-hydrogen) atoms. The first-order chi connectivity index (χ1) is 8.18. The molecule has 0 spiro atoms. The molecule has 0 unspecified atom stereocenters. The van der Waals surface area contributed by atoms with E-state index in [1.54, 1.807) is 6.07 Å². The fourth-order valence-electron chi connectivity index (χ4n) is 1.65. The van der Waals surface area contributed by atoms with Gasteiger partial charge >= 0.3 is 0 Å². The average molecular weight is 292 g/mol. The number of rotatable bonds is 3. The van der Waals surface area contributed by atoms with Crippen LogP contribution in [0.15, 0.2) is 46.9 Å². The molecule has 2 aromatic carbocycles. The van der Waals surface area contributed by atoms with Gasteiger partial charge < -0.3 is 10.4 Å². The monoisotopic (exact) mass is 291 g/mol. The number of aromatic hydroxyl groups is 1. The molecular weight excluding hydrogens is 278 g/mol. The Morgan fingerprint density at radius 3 is 2.65 bits per heavy atom. The lowest BCUT2D eigenvalue weighted by atomic mass is 10.1. The van der Waals surface area contributed by atoms with Crippen molar-refractivity contribution in [1.82, 2.24) is 0 Å². The van der Waals surface area contributed by atoms with Gasteiger partial charge in [0.25, 0.3) is 0 Å². The number of benzene rings is 2. The van der Waals surface area contributed by atoms with Gasteiger partial charge in [-0.25, -0.2) is 0 Å². The SMILES string of the molecule is Cc1c(Br)cccc1NCc1ccccc1O. The molecule has 2 nitrogen and oxygen atoms in total. The zero-order valence-corrected chi connectivity index (χ0v) is 11.2. The third-order valence-corrected chi connectivity index (χ3v) is 3.59. The van der Waals surface area contributed by atoms with Crippen LogP contribution in [0.1, 0.15) is 11.1 Å². The van der Waals surface area contributed by atoms with Crippen LogP contribution in [-0.4, -0.2) is 5.11 Å². The van der Waals surface area contributed by atoms with Crippen molar-refractivity contribution in [3.8, 4) is 5.75 Å². The Kier molecular flexibility index (Phi) is 3.69. The Hall–Kier alpha value is -1.48. The molecule has 0 fully saturated rings. The van der Waals surface area contributed by atoms with Gasteiger partial charge in [0, 0.05) is 22.3 Å². The van der Waals surface area contributed by atoms with Crippen molar-refractivity contribution >= 4 is 21.6 Å². The number of nitrogens with one attached hydrogen (secondary N) is 1. The molecule has 0 bridgehead atoms. The summed E-state index contributed by atoms with van der Waals surface area (Å²) in [4.78, 5) is 0. The fourth-order valence-corrected chi connectivity index (χ4v) is 2.02. The summed E-state index contributed by atoms with van der Waals surface area (Å²) in [6, 6.07) is 13.4. The predicted octanol–water partition coefficient (Wildman–Crippen LogP) is 4.08. The maximum atomic E-state index is 9.66. The molecule has 0 saturated heterocycles. The Morgan fingerprint density at radius 1 is 1.12 bits per heavy atom. The molecule has 0 aliphatic heterocycles. The quantitative estimate of drug-likeness (QED) is 0.893. The van der Waals surface area contributed by atoms with Gasteiger partial charge in [-0.1, -0.05) is 40.2 Å². The maximum absolute atomic E-state index is 9.66. The summed E-state index contributed by atoms with van der Waals surface area (Å²) >= 11 is 3.50. The van der Waals surface area contributed by atoms with E-state index < -0.39 is 0 Å². The highest BCUT2D eigenvalue weighted by molar-refractivity contribution is 9.10. The number of hydrogen-bond acceptors (Lipinski definition) is 2. The van der Waals surface area contributed by atoms with Crippen molar-refractivity contribution in [1.29, 1.82) is 0 Å². The molecule has 2 aromatic rings. The lowest BCUT2D eigenvalue weighted by Crippen LogP contribution is -2.01. The molecule has 0 saturated carbocycles. The highest BCUT2D eigenvalue weighted by Gasteiger charge is 2.03. The molecule has 2 rings (SSSR count). The van der Waals surface area contributed by atoms with Crippen molar-refractivity contribution in [3.05, 3.63) is 58.1 Å². The van der Waals surface area contributed by atoms with Gasteiger partial charge in [-0.3, -0.25) is 0 Å². The van der Waals surface area contributed by atoms with Crippen molar-refractivity contribution < 1.29 is 5.11 Å². The number of para-hydroxylation sites is 1. The van der Waals surface area contributed by atoms with Gasteiger partial charge in [0.2, 0.25) is 0 Å². The van der Waals surface area contributed by atoms with Gasteiger partial charge in [0.15, 0.2) is 0 Å². The third kappa shape index (κ3) is 2.80. The molecule has 0 amide bonds. The minimum atomic E-state index is 0.327. The van der Waals surface area contributed by atoms with Crippen molar-refractivity contribution in [2.75, 3.05) is 5.32 Å². The van der Waals surface area contributed by atoms with Crippen LogP contribution in [0.3, 0.4) is 0 Å².